The average molecular weight is 291 g/mol. The Kier molecular flexibility index (Phi) is 7.11. The third-order valence-corrected chi connectivity index (χ3v) is 4.20. The average Bonchev–Trinajstić information content (AvgIpc) is 2.88. The van der Waals surface area contributed by atoms with Crippen LogP contribution in [0, 0.1) is 0 Å². The van der Waals surface area contributed by atoms with Gasteiger partial charge in [0.05, 0.1) is 6.10 Å². The molecule has 19 heavy (non-hydrogen) atoms. The van der Waals surface area contributed by atoms with Crippen molar-refractivity contribution in [3.8, 4) is 0 Å². The van der Waals surface area contributed by atoms with Crippen molar-refractivity contribution in [1.82, 2.24) is 5.32 Å². The zero-order valence-electron chi connectivity index (χ0n) is 11.7. The fourth-order valence-corrected chi connectivity index (χ4v) is 2.96. The Morgan fingerprint density at radius 3 is 2.63 bits per heavy atom. The van der Waals surface area contributed by atoms with Crippen LogP contribution < -0.4 is 11.1 Å². The number of carbonyl (C=O) groups excluding carboxylic acids is 1. The second-order valence-electron chi connectivity index (χ2n) is 5.87. The monoisotopic (exact) mass is 290 g/mol. The van der Waals surface area contributed by atoms with E-state index in [2.05, 4.69) is 5.32 Å². The Balaban J connectivity index is 0.00000180. The van der Waals surface area contributed by atoms with Gasteiger partial charge in [0.1, 0.15) is 0 Å². The molecule has 1 aliphatic carbocycles. The van der Waals surface area contributed by atoms with Crippen LogP contribution >= 0.6 is 12.4 Å². The molecule has 112 valence electrons. The lowest BCUT2D eigenvalue weighted by Gasteiger charge is -2.33. The largest absolute Gasteiger partial charge is 0.378 e. The molecule has 2 rings (SSSR count). The molecule has 4 nitrogen and oxygen atoms in total. The summed E-state index contributed by atoms with van der Waals surface area (Å²) in [6.45, 7) is 1.50. The molecule has 0 aromatic rings. The number of halogens is 1. The molecule has 1 amide bonds. The maximum atomic E-state index is 11.8. The summed E-state index contributed by atoms with van der Waals surface area (Å²) in [7, 11) is 0. The number of hydrogen-bond acceptors (Lipinski definition) is 3. The Morgan fingerprint density at radius 2 is 2.00 bits per heavy atom. The summed E-state index contributed by atoms with van der Waals surface area (Å²) >= 11 is 0. The summed E-state index contributed by atoms with van der Waals surface area (Å²) in [5.41, 5.74) is 6.13. The van der Waals surface area contributed by atoms with E-state index in [4.69, 9.17) is 10.5 Å². The second kappa shape index (κ2) is 8.08. The van der Waals surface area contributed by atoms with Gasteiger partial charge in [0.15, 0.2) is 0 Å². The van der Waals surface area contributed by atoms with Gasteiger partial charge in [-0.2, -0.15) is 0 Å². The minimum absolute atomic E-state index is 0. The summed E-state index contributed by atoms with van der Waals surface area (Å²) in [4.78, 5) is 11.8. The first kappa shape index (κ1) is 16.7. The van der Waals surface area contributed by atoms with E-state index in [-0.39, 0.29) is 23.9 Å². The highest BCUT2D eigenvalue weighted by molar-refractivity contribution is 5.85. The molecule has 0 radical (unpaired) electrons. The van der Waals surface area contributed by atoms with Crippen molar-refractivity contribution in [2.24, 2.45) is 5.73 Å². The first-order valence-electron chi connectivity index (χ1n) is 7.35. The van der Waals surface area contributed by atoms with Crippen LogP contribution in [0.1, 0.15) is 57.8 Å². The molecule has 0 aromatic heterocycles. The molecular formula is C14H27ClN2O2. The lowest BCUT2D eigenvalue weighted by Crippen LogP contribution is -2.51. The van der Waals surface area contributed by atoms with Gasteiger partial charge in [0.2, 0.25) is 5.91 Å². The van der Waals surface area contributed by atoms with Crippen molar-refractivity contribution in [1.29, 1.82) is 0 Å². The molecular weight excluding hydrogens is 264 g/mol. The molecule has 1 saturated heterocycles. The highest BCUT2D eigenvalue weighted by Gasteiger charge is 2.27. The highest BCUT2D eigenvalue weighted by atomic mass is 35.5. The van der Waals surface area contributed by atoms with Gasteiger partial charge in [-0.05, 0) is 32.1 Å². The van der Waals surface area contributed by atoms with Crippen molar-refractivity contribution in [3.63, 3.8) is 0 Å². The molecule has 0 spiro atoms. The zero-order chi connectivity index (χ0) is 12.8. The van der Waals surface area contributed by atoms with Crippen molar-refractivity contribution in [2.75, 3.05) is 13.2 Å². The Hall–Kier alpha value is -0.320. The van der Waals surface area contributed by atoms with Crippen LogP contribution in [-0.2, 0) is 9.53 Å². The number of rotatable bonds is 5. The molecule has 3 N–H and O–H groups in total. The molecule has 1 atom stereocenters. The topological polar surface area (TPSA) is 64.3 Å². The van der Waals surface area contributed by atoms with Crippen LogP contribution in [0.5, 0.6) is 0 Å². The molecule has 2 aliphatic rings. The second-order valence-corrected chi connectivity index (χ2v) is 5.87. The van der Waals surface area contributed by atoms with Gasteiger partial charge in [-0.15, -0.1) is 12.4 Å². The normalized spacial score (nSPS) is 25.6. The first-order valence-corrected chi connectivity index (χ1v) is 7.35. The van der Waals surface area contributed by atoms with E-state index < -0.39 is 0 Å². The lowest BCUT2D eigenvalue weighted by atomic mass is 9.82. The predicted octanol–water partition coefficient (Wildman–Crippen LogP) is 2.15. The number of hydrogen-bond donors (Lipinski definition) is 2. The van der Waals surface area contributed by atoms with E-state index in [1.54, 1.807) is 0 Å². The summed E-state index contributed by atoms with van der Waals surface area (Å²) in [5, 5.41) is 3.00. The van der Waals surface area contributed by atoms with Gasteiger partial charge in [-0.3, -0.25) is 4.79 Å². The van der Waals surface area contributed by atoms with Crippen LogP contribution in [0.15, 0.2) is 0 Å². The van der Waals surface area contributed by atoms with E-state index in [0.29, 0.717) is 19.1 Å². The molecule has 0 bridgehead atoms. The number of nitrogens with one attached hydrogen (secondary N) is 1. The van der Waals surface area contributed by atoms with Gasteiger partial charge in [-0.1, -0.05) is 19.3 Å². The fourth-order valence-electron chi connectivity index (χ4n) is 2.96. The van der Waals surface area contributed by atoms with Gasteiger partial charge < -0.3 is 15.8 Å². The quantitative estimate of drug-likeness (QED) is 0.815. The summed E-state index contributed by atoms with van der Waals surface area (Å²) in [6, 6.07) is 0. The van der Waals surface area contributed by atoms with Crippen molar-refractivity contribution in [3.05, 3.63) is 0 Å². The third-order valence-electron chi connectivity index (χ3n) is 4.20. The Morgan fingerprint density at radius 1 is 1.26 bits per heavy atom. The first-order chi connectivity index (χ1) is 8.68. The molecule has 1 saturated carbocycles. The van der Waals surface area contributed by atoms with Crippen molar-refractivity contribution in [2.45, 2.75) is 69.4 Å². The van der Waals surface area contributed by atoms with E-state index in [1.165, 1.54) is 19.3 Å². The van der Waals surface area contributed by atoms with Crippen LogP contribution in [0.4, 0.5) is 0 Å². The SMILES string of the molecule is Cl.NC1(CNC(=O)CCC2CCCO2)CCCCC1. The van der Waals surface area contributed by atoms with Gasteiger partial charge in [0.25, 0.3) is 0 Å². The molecule has 1 aliphatic heterocycles. The maximum Gasteiger partial charge on any atom is 0.220 e. The third kappa shape index (κ3) is 5.67. The number of ether oxygens (including phenoxy) is 1. The minimum atomic E-state index is -0.155. The predicted molar refractivity (Wildman–Crippen MR) is 78.5 cm³/mol. The maximum absolute atomic E-state index is 11.8. The van der Waals surface area contributed by atoms with Crippen LogP contribution in [0.3, 0.4) is 0 Å². The van der Waals surface area contributed by atoms with Gasteiger partial charge >= 0.3 is 0 Å². The van der Waals surface area contributed by atoms with Crippen LogP contribution in [0.25, 0.3) is 0 Å². The highest BCUT2D eigenvalue weighted by Crippen LogP contribution is 2.25. The van der Waals surface area contributed by atoms with E-state index >= 15 is 0 Å². The number of amides is 1. The summed E-state index contributed by atoms with van der Waals surface area (Å²) in [6.07, 6.45) is 9.72. The Labute approximate surface area is 122 Å². The van der Waals surface area contributed by atoms with Crippen LogP contribution in [-0.4, -0.2) is 30.7 Å². The van der Waals surface area contributed by atoms with Gasteiger partial charge in [-0.25, -0.2) is 0 Å². The van der Waals surface area contributed by atoms with E-state index in [9.17, 15) is 4.79 Å². The van der Waals surface area contributed by atoms with E-state index in [0.717, 1.165) is 38.7 Å². The standard InChI is InChI=1S/C14H26N2O2.ClH/c15-14(8-2-1-3-9-14)11-16-13(17)7-6-12-5-4-10-18-12;/h12H,1-11,15H2,(H,16,17);1H. The molecule has 1 unspecified atom stereocenters. The molecule has 0 aromatic carbocycles. The molecule has 1 heterocycles. The van der Waals surface area contributed by atoms with Crippen molar-refractivity contribution < 1.29 is 9.53 Å². The zero-order valence-corrected chi connectivity index (χ0v) is 12.5. The number of carbonyl (C=O) groups is 1. The van der Waals surface area contributed by atoms with Crippen molar-refractivity contribution >= 4 is 18.3 Å². The summed E-state index contributed by atoms with van der Waals surface area (Å²) in [5.74, 6) is 0.126. The molecule has 2 fully saturated rings. The van der Waals surface area contributed by atoms with E-state index in [1.807, 2.05) is 0 Å². The Bertz CT molecular complexity index is 275. The fraction of sp³-hybridized carbons (Fsp3) is 0.929. The summed E-state index contributed by atoms with van der Waals surface area (Å²) < 4.78 is 5.51. The smallest absolute Gasteiger partial charge is 0.220 e. The lowest BCUT2D eigenvalue weighted by molar-refractivity contribution is -0.122. The molecule has 5 heteroatoms. The van der Waals surface area contributed by atoms with Crippen LogP contribution in [0.2, 0.25) is 0 Å². The number of nitrogens with two attached hydrogens (primary N) is 1. The minimum Gasteiger partial charge on any atom is -0.378 e. The van der Waals surface area contributed by atoms with Gasteiger partial charge in [0, 0.05) is 25.1 Å².